The van der Waals surface area contributed by atoms with Crippen LogP contribution in [0.25, 0.3) is 0 Å². The van der Waals surface area contributed by atoms with E-state index in [-0.39, 0.29) is 0 Å². The van der Waals surface area contributed by atoms with Crippen LogP contribution >= 0.6 is 0 Å². The van der Waals surface area contributed by atoms with E-state index in [1.54, 1.807) is 0 Å². The van der Waals surface area contributed by atoms with Crippen molar-refractivity contribution >= 4 is 0 Å². The summed E-state index contributed by atoms with van der Waals surface area (Å²) in [5, 5.41) is 3.68. The fraction of sp³-hybridized carbons (Fsp3) is 0.625. The number of nitrogens with one attached hydrogen (secondary N) is 1. The SMILES string of the molecule is Cc1ccc(C)c(CN2CC3CCCNC3C2)c1. The molecule has 0 aromatic heterocycles. The molecular formula is C16H24N2. The maximum Gasteiger partial charge on any atom is 0.0237 e. The van der Waals surface area contributed by atoms with Crippen molar-refractivity contribution in [3.63, 3.8) is 0 Å². The van der Waals surface area contributed by atoms with Gasteiger partial charge in [-0.3, -0.25) is 4.90 Å². The molecule has 0 bridgehead atoms. The molecule has 2 nitrogen and oxygen atoms in total. The normalized spacial score (nSPS) is 28.3. The van der Waals surface area contributed by atoms with Gasteiger partial charge in [-0.1, -0.05) is 23.8 Å². The van der Waals surface area contributed by atoms with Crippen molar-refractivity contribution in [2.45, 2.75) is 39.3 Å². The van der Waals surface area contributed by atoms with Gasteiger partial charge in [-0.25, -0.2) is 0 Å². The van der Waals surface area contributed by atoms with Crippen molar-refractivity contribution in [3.05, 3.63) is 34.9 Å². The predicted octanol–water partition coefficient (Wildman–Crippen LogP) is 2.49. The second kappa shape index (κ2) is 5.02. The van der Waals surface area contributed by atoms with Crippen molar-refractivity contribution < 1.29 is 0 Å². The van der Waals surface area contributed by atoms with Gasteiger partial charge in [-0.2, -0.15) is 0 Å². The van der Waals surface area contributed by atoms with E-state index >= 15 is 0 Å². The van der Waals surface area contributed by atoms with Crippen LogP contribution in [0.1, 0.15) is 29.5 Å². The van der Waals surface area contributed by atoms with Crippen molar-refractivity contribution in [2.24, 2.45) is 5.92 Å². The molecule has 1 aromatic rings. The second-order valence-corrected chi connectivity index (χ2v) is 6.09. The minimum Gasteiger partial charge on any atom is -0.312 e. The lowest BCUT2D eigenvalue weighted by molar-refractivity contribution is 0.312. The van der Waals surface area contributed by atoms with Crippen molar-refractivity contribution in [1.29, 1.82) is 0 Å². The Hall–Kier alpha value is -0.860. The first-order valence-corrected chi connectivity index (χ1v) is 7.24. The van der Waals surface area contributed by atoms with Crippen LogP contribution < -0.4 is 5.32 Å². The molecule has 0 spiro atoms. The first kappa shape index (κ1) is 12.2. The minimum atomic E-state index is 0.754. The number of rotatable bonds is 2. The Morgan fingerprint density at radius 3 is 3.00 bits per heavy atom. The fourth-order valence-corrected chi connectivity index (χ4v) is 3.48. The Balaban J connectivity index is 1.68. The van der Waals surface area contributed by atoms with Crippen LogP contribution in [-0.2, 0) is 6.54 Å². The lowest BCUT2D eigenvalue weighted by Gasteiger charge is -2.24. The third-order valence-electron chi connectivity index (χ3n) is 4.57. The van der Waals surface area contributed by atoms with Gasteiger partial charge in [0.1, 0.15) is 0 Å². The number of hydrogen-bond donors (Lipinski definition) is 1. The van der Waals surface area contributed by atoms with E-state index in [9.17, 15) is 0 Å². The molecule has 3 rings (SSSR count). The molecule has 2 unspecified atom stereocenters. The summed E-state index contributed by atoms with van der Waals surface area (Å²) < 4.78 is 0. The summed E-state index contributed by atoms with van der Waals surface area (Å²) in [4.78, 5) is 2.63. The molecule has 98 valence electrons. The van der Waals surface area contributed by atoms with E-state index in [4.69, 9.17) is 0 Å². The van der Waals surface area contributed by atoms with Gasteiger partial charge in [0.05, 0.1) is 0 Å². The van der Waals surface area contributed by atoms with Crippen LogP contribution in [0.5, 0.6) is 0 Å². The highest BCUT2D eigenvalue weighted by atomic mass is 15.2. The number of aryl methyl sites for hydroxylation is 2. The number of piperidine rings is 1. The molecule has 2 atom stereocenters. The van der Waals surface area contributed by atoms with Gasteiger partial charge in [-0.05, 0) is 50.3 Å². The van der Waals surface area contributed by atoms with E-state index in [0.29, 0.717) is 0 Å². The Kier molecular flexibility index (Phi) is 3.40. The van der Waals surface area contributed by atoms with Gasteiger partial charge >= 0.3 is 0 Å². The number of benzene rings is 1. The van der Waals surface area contributed by atoms with Gasteiger partial charge in [-0.15, -0.1) is 0 Å². The zero-order chi connectivity index (χ0) is 12.5. The monoisotopic (exact) mass is 244 g/mol. The summed E-state index contributed by atoms with van der Waals surface area (Å²) in [6.07, 6.45) is 2.78. The van der Waals surface area contributed by atoms with Crippen LogP contribution in [0.4, 0.5) is 0 Å². The molecule has 1 N–H and O–H groups in total. The van der Waals surface area contributed by atoms with Crippen LogP contribution in [0.2, 0.25) is 0 Å². The quantitative estimate of drug-likeness (QED) is 0.860. The first-order valence-electron chi connectivity index (χ1n) is 7.24. The molecule has 2 heterocycles. The van der Waals surface area contributed by atoms with Crippen molar-refractivity contribution in [3.8, 4) is 0 Å². The zero-order valence-electron chi connectivity index (χ0n) is 11.6. The zero-order valence-corrected chi connectivity index (χ0v) is 11.6. The number of hydrogen-bond acceptors (Lipinski definition) is 2. The van der Waals surface area contributed by atoms with Crippen molar-refractivity contribution in [2.75, 3.05) is 19.6 Å². The first-order chi connectivity index (χ1) is 8.72. The maximum atomic E-state index is 3.68. The Labute approximate surface area is 110 Å². The van der Waals surface area contributed by atoms with Gasteiger partial charge in [0.15, 0.2) is 0 Å². The minimum absolute atomic E-state index is 0.754. The molecule has 18 heavy (non-hydrogen) atoms. The largest absolute Gasteiger partial charge is 0.312 e. The fourth-order valence-electron chi connectivity index (χ4n) is 3.48. The van der Waals surface area contributed by atoms with Gasteiger partial charge < -0.3 is 5.32 Å². The number of nitrogens with zero attached hydrogens (tertiary/aromatic N) is 1. The molecule has 2 fully saturated rings. The third-order valence-corrected chi connectivity index (χ3v) is 4.57. The number of fused-ring (bicyclic) bond motifs is 1. The topological polar surface area (TPSA) is 15.3 Å². The van der Waals surface area contributed by atoms with E-state index in [1.807, 2.05) is 0 Å². The molecule has 2 heteroatoms. The lowest BCUT2D eigenvalue weighted by Crippen LogP contribution is -2.40. The highest BCUT2D eigenvalue weighted by molar-refractivity contribution is 5.30. The summed E-state index contributed by atoms with van der Waals surface area (Å²) in [6.45, 7) is 9.29. The van der Waals surface area contributed by atoms with E-state index in [1.165, 1.54) is 49.2 Å². The van der Waals surface area contributed by atoms with E-state index in [0.717, 1.165) is 18.5 Å². The predicted molar refractivity (Wildman–Crippen MR) is 75.7 cm³/mol. The third kappa shape index (κ3) is 2.45. The van der Waals surface area contributed by atoms with Crippen LogP contribution in [0, 0.1) is 19.8 Å². The molecule has 2 aliphatic heterocycles. The molecule has 0 aliphatic carbocycles. The molecule has 2 saturated heterocycles. The van der Waals surface area contributed by atoms with Crippen molar-refractivity contribution in [1.82, 2.24) is 10.2 Å². The summed E-state index contributed by atoms with van der Waals surface area (Å²) in [7, 11) is 0. The van der Waals surface area contributed by atoms with E-state index < -0.39 is 0 Å². The van der Waals surface area contributed by atoms with Gasteiger partial charge in [0.2, 0.25) is 0 Å². The number of likely N-dealkylation sites (tertiary alicyclic amines) is 1. The van der Waals surface area contributed by atoms with E-state index in [2.05, 4.69) is 42.3 Å². The molecule has 1 aromatic carbocycles. The molecule has 0 amide bonds. The molecule has 2 aliphatic rings. The standard InChI is InChI=1S/C16H24N2/c1-12-5-6-13(2)15(8-12)10-18-9-14-4-3-7-17-16(14)11-18/h5-6,8,14,16-17H,3-4,7,9-11H2,1-2H3. The average Bonchev–Trinajstić information content (AvgIpc) is 2.76. The second-order valence-electron chi connectivity index (χ2n) is 6.09. The van der Waals surface area contributed by atoms with Crippen LogP contribution in [0.15, 0.2) is 18.2 Å². The Bertz CT molecular complexity index is 413. The summed E-state index contributed by atoms with van der Waals surface area (Å²) in [5.74, 6) is 0.892. The summed E-state index contributed by atoms with van der Waals surface area (Å²) in [5.41, 5.74) is 4.32. The lowest BCUT2D eigenvalue weighted by atomic mass is 9.94. The summed E-state index contributed by atoms with van der Waals surface area (Å²) in [6, 6.07) is 7.57. The van der Waals surface area contributed by atoms with Crippen LogP contribution in [-0.4, -0.2) is 30.6 Å². The van der Waals surface area contributed by atoms with Gasteiger partial charge in [0.25, 0.3) is 0 Å². The molecule has 0 radical (unpaired) electrons. The highest BCUT2D eigenvalue weighted by Gasteiger charge is 2.33. The van der Waals surface area contributed by atoms with Gasteiger partial charge in [0, 0.05) is 25.7 Å². The Morgan fingerprint density at radius 1 is 1.28 bits per heavy atom. The molecule has 0 saturated carbocycles. The smallest absolute Gasteiger partial charge is 0.0237 e. The average molecular weight is 244 g/mol. The summed E-state index contributed by atoms with van der Waals surface area (Å²) >= 11 is 0. The Morgan fingerprint density at radius 2 is 2.17 bits per heavy atom. The molecular weight excluding hydrogens is 220 g/mol. The van der Waals surface area contributed by atoms with Crippen LogP contribution in [0.3, 0.4) is 0 Å². The maximum absolute atomic E-state index is 3.68. The highest BCUT2D eigenvalue weighted by Crippen LogP contribution is 2.26.